The van der Waals surface area contributed by atoms with E-state index in [9.17, 15) is 4.79 Å². The van der Waals surface area contributed by atoms with Gasteiger partial charge in [0.05, 0.1) is 16.1 Å². The van der Waals surface area contributed by atoms with Crippen LogP contribution in [0.3, 0.4) is 0 Å². The maximum absolute atomic E-state index is 13.8. The summed E-state index contributed by atoms with van der Waals surface area (Å²) in [6, 6.07) is 14.4. The molecule has 2 aliphatic rings. The first-order valence-electron chi connectivity index (χ1n) is 10.3. The van der Waals surface area contributed by atoms with Gasteiger partial charge in [-0.1, -0.05) is 45.0 Å². The van der Waals surface area contributed by atoms with Crippen LogP contribution in [0.15, 0.2) is 54.0 Å². The third kappa shape index (κ3) is 3.31. The van der Waals surface area contributed by atoms with Gasteiger partial charge >= 0.3 is 0 Å². The summed E-state index contributed by atoms with van der Waals surface area (Å²) in [6.45, 7) is 7.88. The highest BCUT2D eigenvalue weighted by molar-refractivity contribution is 7.13. The third-order valence-electron chi connectivity index (χ3n) is 6.40. The molecule has 1 saturated carbocycles. The van der Waals surface area contributed by atoms with Crippen LogP contribution >= 0.6 is 11.3 Å². The summed E-state index contributed by atoms with van der Waals surface area (Å²) in [6.07, 6.45) is 5.29. The molecule has 3 heterocycles. The van der Waals surface area contributed by atoms with Crippen molar-refractivity contribution in [3.8, 4) is 16.3 Å². The van der Waals surface area contributed by atoms with Gasteiger partial charge in [0.15, 0.2) is 0 Å². The van der Waals surface area contributed by atoms with E-state index in [2.05, 4.69) is 25.7 Å². The molecule has 1 aromatic carbocycles. The fourth-order valence-corrected chi connectivity index (χ4v) is 6.41. The maximum Gasteiger partial charge on any atom is 0.258 e. The predicted octanol–water partition coefficient (Wildman–Crippen LogP) is 5.64. The molecule has 2 atom stereocenters. The third-order valence-corrected chi connectivity index (χ3v) is 7.27. The van der Waals surface area contributed by atoms with Gasteiger partial charge in [0.1, 0.15) is 5.69 Å². The standard InChI is InChI=1S/C24H27N3OS/c1-23(2)12-18-13-24(3,15-23)16-26(18)22(28)19-14-27(17-8-5-4-6-9-17)25-21(19)20-10-7-11-29-20/h4-11,14,18H,12-13,15-16H2,1-3H3. The Balaban J connectivity index is 1.55. The van der Waals surface area contributed by atoms with Crippen molar-refractivity contribution in [2.24, 2.45) is 10.8 Å². The van der Waals surface area contributed by atoms with Crippen LogP contribution in [-0.4, -0.2) is 33.2 Å². The predicted molar refractivity (Wildman–Crippen MR) is 117 cm³/mol. The minimum Gasteiger partial charge on any atom is -0.335 e. The van der Waals surface area contributed by atoms with Crippen molar-refractivity contribution in [2.45, 2.75) is 46.1 Å². The second-order valence-corrected chi connectivity index (χ2v) is 10.7. The van der Waals surface area contributed by atoms with Crippen LogP contribution in [0.5, 0.6) is 0 Å². The molecular weight excluding hydrogens is 378 g/mol. The largest absolute Gasteiger partial charge is 0.335 e. The Kier molecular flexibility index (Phi) is 4.21. The number of likely N-dealkylation sites (tertiary alicyclic amines) is 1. The van der Waals surface area contributed by atoms with Crippen molar-refractivity contribution in [1.29, 1.82) is 0 Å². The lowest BCUT2D eigenvalue weighted by atomic mass is 9.65. The van der Waals surface area contributed by atoms with Crippen LogP contribution in [0.4, 0.5) is 0 Å². The maximum atomic E-state index is 13.8. The quantitative estimate of drug-likeness (QED) is 0.565. The Morgan fingerprint density at radius 3 is 2.62 bits per heavy atom. The summed E-state index contributed by atoms with van der Waals surface area (Å²) < 4.78 is 1.84. The molecule has 1 amide bonds. The average molecular weight is 406 g/mol. The number of nitrogens with zero attached hydrogens (tertiary/aromatic N) is 3. The van der Waals surface area contributed by atoms with Crippen LogP contribution < -0.4 is 0 Å². The molecule has 3 aromatic rings. The van der Waals surface area contributed by atoms with E-state index < -0.39 is 0 Å². The Morgan fingerprint density at radius 2 is 1.90 bits per heavy atom. The van der Waals surface area contributed by atoms with Gasteiger partial charge in [0.2, 0.25) is 0 Å². The SMILES string of the molecule is CC1(C)CC2CC(C)(CN2C(=O)c2cn(-c3ccccc3)nc2-c2cccs2)C1. The highest BCUT2D eigenvalue weighted by Crippen LogP contribution is 2.52. The van der Waals surface area contributed by atoms with Gasteiger partial charge in [-0.3, -0.25) is 4.79 Å². The molecule has 4 nitrogen and oxygen atoms in total. The van der Waals surface area contributed by atoms with Gasteiger partial charge in [0, 0.05) is 18.8 Å². The van der Waals surface area contributed by atoms with Gasteiger partial charge in [-0.05, 0) is 53.7 Å². The van der Waals surface area contributed by atoms with E-state index in [0.29, 0.717) is 11.6 Å². The van der Waals surface area contributed by atoms with Gasteiger partial charge in [-0.15, -0.1) is 11.3 Å². The number of carbonyl (C=O) groups excluding carboxylic acids is 1. The lowest BCUT2D eigenvalue weighted by molar-refractivity contribution is 0.0709. The summed E-state index contributed by atoms with van der Waals surface area (Å²) in [7, 11) is 0. The fraction of sp³-hybridized carbons (Fsp3) is 0.417. The first-order chi connectivity index (χ1) is 13.8. The average Bonchev–Trinajstić information content (AvgIpc) is 3.38. The number of hydrogen-bond donors (Lipinski definition) is 0. The Morgan fingerprint density at radius 1 is 1.10 bits per heavy atom. The van der Waals surface area contributed by atoms with Crippen LogP contribution in [0.2, 0.25) is 0 Å². The van der Waals surface area contributed by atoms with Crippen molar-refractivity contribution in [1.82, 2.24) is 14.7 Å². The van der Waals surface area contributed by atoms with E-state index in [1.54, 1.807) is 11.3 Å². The van der Waals surface area contributed by atoms with Crippen LogP contribution in [0, 0.1) is 10.8 Å². The van der Waals surface area contributed by atoms with Crippen molar-refractivity contribution in [3.63, 3.8) is 0 Å². The van der Waals surface area contributed by atoms with Gasteiger partial charge in [-0.2, -0.15) is 5.10 Å². The molecule has 5 heteroatoms. The number of rotatable bonds is 3. The molecule has 2 fully saturated rings. The van der Waals surface area contributed by atoms with Crippen molar-refractivity contribution in [3.05, 3.63) is 59.6 Å². The molecule has 0 N–H and O–H groups in total. The van der Waals surface area contributed by atoms with Crippen LogP contribution in [0.25, 0.3) is 16.3 Å². The Bertz CT molecular complexity index is 1040. The highest BCUT2D eigenvalue weighted by Gasteiger charge is 2.51. The molecule has 2 aromatic heterocycles. The van der Waals surface area contributed by atoms with E-state index in [4.69, 9.17) is 5.10 Å². The number of benzene rings is 1. The molecule has 29 heavy (non-hydrogen) atoms. The molecule has 1 aliphatic heterocycles. The first-order valence-corrected chi connectivity index (χ1v) is 11.2. The lowest BCUT2D eigenvalue weighted by Crippen LogP contribution is -2.37. The van der Waals surface area contributed by atoms with E-state index in [1.165, 1.54) is 6.42 Å². The number of hydrogen-bond acceptors (Lipinski definition) is 3. The van der Waals surface area contributed by atoms with Gasteiger partial charge in [0.25, 0.3) is 5.91 Å². The van der Waals surface area contributed by atoms with Crippen LogP contribution in [0.1, 0.15) is 50.4 Å². The number of fused-ring (bicyclic) bond motifs is 2. The van der Waals surface area contributed by atoms with Crippen LogP contribution in [-0.2, 0) is 0 Å². The van der Waals surface area contributed by atoms with E-state index in [0.717, 1.165) is 35.6 Å². The van der Waals surface area contributed by atoms with Crippen molar-refractivity contribution >= 4 is 17.2 Å². The molecule has 1 saturated heterocycles. The Hall–Kier alpha value is -2.40. The minimum absolute atomic E-state index is 0.127. The number of carbonyl (C=O) groups is 1. The minimum atomic E-state index is 0.127. The molecule has 0 radical (unpaired) electrons. The number of amides is 1. The molecule has 5 rings (SSSR count). The van der Waals surface area contributed by atoms with Crippen molar-refractivity contribution < 1.29 is 4.79 Å². The molecule has 1 aliphatic carbocycles. The van der Waals surface area contributed by atoms with Crippen molar-refractivity contribution in [2.75, 3.05) is 6.54 Å². The topological polar surface area (TPSA) is 38.1 Å². The second kappa shape index (κ2) is 6.56. The monoisotopic (exact) mass is 405 g/mol. The normalized spacial score (nSPS) is 25.3. The summed E-state index contributed by atoms with van der Waals surface area (Å²) in [5, 5.41) is 6.87. The first kappa shape index (κ1) is 18.6. The van der Waals surface area contributed by atoms with E-state index >= 15 is 0 Å². The number of aromatic nitrogens is 2. The smallest absolute Gasteiger partial charge is 0.258 e. The number of para-hydroxylation sites is 1. The van der Waals surface area contributed by atoms with Gasteiger partial charge in [-0.25, -0.2) is 4.68 Å². The fourth-order valence-electron chi connectivity index (χ4n) is 5.69. The second-order valence-electron chi connectivity index (χ2n) is 9.80. The molecular formula is C24H27N3OS. The Labute approximate surface area is 176 Å². The molecule has 2 bridgehead atoms. The highest BCUT2D eigenvalue weighted by atomic mass is 32.1. The zero-order valence-electron chi connectivity index (χ0n) is 17.3. The van der Waals surface area contributed by atoms with E-state index in [-0.39, 0.29) is 16.7 Å². The summed E-state index contributed by atoms with van der Waals surface area (Å²) in [5.41, 5.74) is 2.99. The zero-order valence-corrected chi connectivity index (χ0v) is 18.1. The lowest BCUT2D eigenvalue weighted by Gasteiger charge is -2.39. The number of thiophene rings is 1. The summed E-state index contributed by atoms with van der Waals surface area (Å²) in [4.78, 5) is 17.0. The molecule has 150 valence electrons. The summed E-state index contributed by atoms with van der Waals surface area (Å²) in [5.74, 6) is 0.127. The summed E-state index contributed by atoms with van der Waals surface area (Å²) >= 11 is 1.63. The van der Waals surface area contributed by atoms with Gasteiger partial charge < -0.3 is 4.90 Å². The van der Waals surface area contributed by atoms with E-state index in [1.807, 2.05) is 58.7 Å². The molecule has 2 unspecified atom stereocenters. The zero-order chi connectivity index (χ0) is 20.2. The molecule has 0 spiro atoms.